The van der Waals surface area contributed by atoms with Gasteiger partial charge >= 0.3 is 0 Å². The van der Waals surface area contributed by atoms with Crippen molar-refractivity contribution in [3.63, 3.8) is 0 Å². The van der Waals surface area contributed by atoms with Gasteiger partial charge < -0.3 is 30.2 Å². The molecule has 294 valence electrons. The highest BCUT2D eigenvalue weighted by Gasteiger charge is 2.30. The smallest absolute Gasteiger partial charge is 0.291 e. The Morgan fingerprint density at radius 1 is 1.02 bits per heavy atom. The van der Waals surface area contributed by atoms with Crippen LogP contribution in [0.2, 0.25) is 5.02 Å². The largest absolute Gasteiger partial charge is 0.383 e. The molecule has 1 atom stereocenters. The molecule has 0 saturated carbocycles. The summed E-state index contributed by atoms with van der Waals surface area (Å²) >= 11 is 6.54. The first-order valence-corrected chi connectivity index (χ1v) is 18.3. The fourth-order valence-electron chi connectivity index (χ4n) is 6.68. The number of aromatic nitrogens is 4. The van der Waals surface area contributed by atoms with Crippen LogP contribution in [0.5, 0.6) is 0 Å². The SMILES string of the molecule is CCC(CCN(C)CC(N)=O)C(=O)N1CCN(C(=O)c2ccc(NC(=O)c3ncc(-c4ccc(-c5cnn(CCOC)c5C)c(F)c4F)n3C)cc2Cl)CC1. The van der Waals surface area contributed by atoms with Crippen LogP contribution in [-0.2, 0) is 27.9 Å². The molecule has 14 nitrogen and oxygen atoms in total. The summed E-state index contributed by atoms with van der Waals surface area (Å²) in [6.45, 7) is 6.67. The lowest BCUT2D eigenvalue weighted by Gasteiger charge is -2.36. The predicted molar refractivity (Wildman–Crippen MR) is 203 cm³/mol. The third kappa shape index (κ3) is 9.20. The average molecular weight is 782 g/mol. The van der Waals surface area contributed by atoms with Crippen molar-refractivity contribution >= 4 is 40.9 Å². The van der Waals surface area contributed by atoms with E-state index in [9.17, 15) is 19.2 Å². The Bertz CT molecular complexity index is 2060. The number of rotatable bonds is 15. The Balaban J connectivity index is 1.20. The average Bonchev–Trinajstić information content (AvgIpc) is 3.72. The summed E-state index contributed by atoms with van der Waals surface area (Å²) in [5, 5.41) is 7.08. The van der Waals surface area contributed by atoms with E-state index in [4.69, 9.17) is 22.1 Å². The maximum Gasteiger partial charge on any atom is 0.291 e. The molecule has 17 heteroatoms. The van der Waals surface area contributed by atoms with Crippen LogP contribution in [-0.4, -0.2) is 118 Å². The highest BCUT2D eigenvalue weighted by Crippen LogP contribution is 2.33. The number of primary amides is 1. The number of methoxy groups -OCH3 is 1. The Hall–Kier alpha value is -5.19. The number of nitrogens with two attached hydrogens (primary N) is 1. The lowest BCUT2D eigenvalue weighted by Crippen LogP contribution is -2.52. The van der Waals surface area contributed by atoms with E-state index in [1.807, 2.05) is 6.92 Å². The highest BCUT2D eigenvalue weighted by atomic mass is 35.5. The predicted octanol–water partition coefficient (Wildman–Crippen LogP) is 4.21. The molecule has 0 radical (unpaired) electrons. The van der Waals surface area contributed by atoms with Crippen LogP contribution in [0.25, 0.3) is 22.4 Å². The molecule has 1 unspecified atom stereocenters. The van der Waals surface area contributed by atoms with Gasteiger partial charge in [-0.2, -0.15) is 5.10 Å². The number of piperazine rings is 1. The van der Waals surface area contributed by atoms with Gasteiger partial charge in [-0.1, -0.05) is 24.6 Å². The molecule has 1 fully saturated rings. The maximum atomic E-state index is 15.5. The van der Waals surface area contributed by atoms with Crippen molar-refractivity contribution in [1.29, 1.82) is 0 Å². The van der Waals surface area contributed by atoms with Gasteiger partial charge in [0.2, 0.25) is 11.8 Å². The molecule has 0 bridgehead atoms. The first-order valence-electron chi connectivity index (χ1n) is 17.9. The third-order valence-corrected chi connectivity index (χ3v) is 10.2. The van der Waals surface area contributed by atoms with Crippen molar-refractivity contribution in [3.05, 3.63) is 76.5 Å². The number of halogens is 3. The second kappa shape index (κ2) is 18.0. The van der Waals surface area contributed by atoms with Crippen molar-refractivity contribution in [1.82, 2.24) is 34.0 Å². The number of amides is 4. The van der Waals surface area contributed by atoms with Crippen molar-refractivity contribution in [2.45, 2.75) is 33.2 Å². The van der Waals surface area contributed by atoms with Crippen LogP contribution in [0.3, 0.4) is 0 Å². The summed E-state index contributed by atoms with van der Waals surface area (Å²) in [7, 11) is 4.87. The standard InChI is InChI=1S/C38H46ClF2N9O5/c1-6-24(11-12-46(3)22-32(42)51)37(53)48-13-15-49(16-14-48)38(54)27-8-7-25(19-30(27)39)45-36(52)35-43-21-31(47(35)4)28-10-9-26(33(40)34(28)41)29-20-44-50(23(29)2)17-18-55-5/h7-10,19-21,24H,6,11-18,22H2,1-5H3,(H2,42,51)(H,45,52). The normalized spacial score (nSPS) is 13.7. The second-order valence-corrected chi connectivity index (χ2v) is 13.9. The molecule has 4 aromatic rings. The molecule has 55 heavy (non-hydrogen) atoms. The molecule has 2 aromatic carbocycles. The van der Waals surface area contributed by atoms with Crippen molar-refractivity contribution < 1.29 is 32.7 Å². The minimum atomic E-state index is -1.09. The number of anilines is 1. The highest BCUT2D eigenvalue weighted by molar-refractivity contribution is 6.34. The fraction of sp³-hybridized carbons (Fsp3) is 0.421. The Morgan fingerprint density at radius 2 is 1.69 bits per heavy atom. The molecule has 5 rings (SSSR count). The van der Waals surface area contributed by atoms with E-state index in [1.54, 1.807) is 40.5 Å². The number of nitrogens with one attached hydrogen (secondary N) is 1. The molecule has 2 aromatic heterocycles. The Labute approximate surface area is 323 Å². The molecule has 3 N–H and O–H groups in total. The number of benzene rings is 2. The minimum absolute atomic E-state index is 0.0174. The van der Waals surface area contributed by atoms with E-state index in [0.29, 0.717) is 75.7 Å². The molecule has 4 amide bonds. The quantitative estimate of drug-likeness (QED) is 0.182. The summed E-state index contributed by atoms with van der Waals surface area (Å²) in [5.74, 6) is -3.77. The van der Waals surface area contributed by atoms with Gasteiger partial charge in [0.15, 0.2) is 17.5 Å². The first-order chi connectivity index (χ1) is 26.2. The molecule has 0 aliphatic carbocycles. The topological polar surface area (TPSA) is 161 Å². The van der Waals surface area contributed by atoms with Crippen LogP contribution >= 0.6 is 11.6 Å². The van der Waals surface area contributed by atoms with Gasteiger partial charge in [-0.3, -0.25) is 28.8 Å². The van der Waals surface area contributed by atoms with Gasteiger partial charge in [-0.15, -0.1) is 0 Å². The first kappa shape index (κ1) is 41.0. The lowest BCUT2D eigenvalue weighted by molar-refractivity contribution is -0.137. The summed E-state index contributed by atoms with van der Waals surface area (Å²) in [5.41, 5.74) is 7.06. The van der Waals surface area contributed by atoms with Crippen LogP contribution in [0.4, 0.5) is 14.5 Å². The van der Waals surface area contributed by atoms with Crippen LogP contribution in [0.15, 0.2) is 42.7 Å². The van der Waals surface area contributed by atoms with Crippen molar-refractivity contribution in [2.24, 2.45) is 18.7 Å². The van der Waals surface area contributed by atoms with Crippen LogP contribution < -0.4 is 11.1 Å². The monoisotopic (exact) mass is 781 g/mol. The summed E-state index contributed by atoms with van der Waals surface area (Å²) < 4.78 is 39.1. The number of carbonyl (C=O) groups excluding carboxylic acids is 4. The molecule has 1 aliphatic heterocycles. The van der Waals surface area contributed by atoms with Gasteiger partial charge in [-0.25, -0.2) is 13.8 Å². The summed E-state index contributed by atoms with van der Waals surface area (Å²) in [6.07, 6.45) is 4.02. The zero-order valence-electron chi connectivity index (χ0n) is 31.6. The van der Waals surface area contributed by atoms with Gasteiger partial charge in [0.05, 0.1) is 48.4 Å². The molecular weight excluding hydrogens is 736 g/mol. The minimum Gasteiger partial charge on any atom is -0.383 e. The zero-order chi connectivity index (χ0) is 40.0. The molecule has 3 heterocycles. The molecule has 1 saturated heterocycles. The van der Waals surface area contributed by atoms with Crippen LogP contribution in [0, 0.1) is 24.5 Å². The zero-order valence-corrected chi connectivity index (χ0v) is 32.3. The van der Waals surface area contributed by atoms with E-state index >= 15 is 8.78 Å². The lowest BCUT2D eigenvalue weighted by atomic mass is 9.99. The third-order valence-electron chi connectivity index (χ3n) is 9.91. The number of hydrogen-bond acceptors (Lipinski definition) is 8. The van der Waals surface area contributed by atoms with E-state index in [2.05, 4.69) is 15.4 Å². The van der Waals surface area contributed by atoms with Gasteiger partial charge in [0.1, 0.15) is 0 Å². The fourth-order valence-corrected chi connectivity index (χ4v) is 6.94. The van der Waals surface area contributed by atoms with E-state index in [1.165, 1.54) is 54.3 Å². The second-order valence-electron chi connectivity index (χ2n) is 13.5. The number of carbonyl (C=O) groups is 4. The maximum absolute atomic E-state index is 15.5. The van der Waals surface area contributed by atoms with Gasteiger partial charge in [0, 0.05) is 74.3 Å². The van der Waals surface area contributed by atoms with Gasteiger partial charge in [0.25, 0.3) is 11.8 Å². The van der Waals surface area contributed by atoms with Crippen molar-refractivity contribution in [2.75, 3.05) is 65.3 Å². The Kier molecular flexibility index (Phi) is 13.4. The van der Waals surface area contributed by atoms with E-state index < -0.39 is 23.4 Å². The van der Waals surface area contributed by atoms with Crippen molar-refractivity contribution in [3.8, 4) is 22.4 Å². The number of hydrogen-bond donors (Lipinski definition) is 2. The number of likely N-dealkylation sites (N-methyl/N-ethyl adjacent to an activating group) is 1. The summed E-state index contributed by atoms with van der Waals surface area (Å²) in [6, 6.07) is 7.40. The number of imidazole rings is 1. The van der Waals surface area contributed by atoms with E-state index in [0.717, 1.165) is 0 Å². The van der Waals surface area contributed by atoms with E-state index in [-0.39, 0.29) is 57.5 Å². The number of ether oxygens (including phenoxy) is 1. The molecule has 0 spiro atoms. The summed E-state index contributed by atoms with van der Waals surface area (Å²) in [4.78, 5) is 60.5. The molecular formula is C38H46ClF2N9O5. The Morgan fingerprint density at radius 3 is 2.35 bits per heavy atom. The molecule has 1 aliphatic rings. The van der Waals surface area contributed by atoms with Crippen LogP contribution in [0.1, 0.15) is 46.4 Å². The number of nitrogens with zero attached hydrogens (tertiary/aromatic N) is 7. The van der Waals surface area contributed by atoms with Gasteiger partial charge in [-0.05, 0) is 57.6 Å².